The number of hydrogen-bond acceptors (Lipinski definition) is 2. The van der Waals surface area contributed by atoms with Crippen molar-refractivity contribution in [2.45, 2.75) is 43.5 Å². The summed E-state index contributed by atoms with van der Waals surface area (Å²) in [7, 11) is -3.29. The molecule has 16 heavy (non-hydrogen) atoms. The fraction of sp³-hybridized carbons (Fsp3) is 0.500. The third-order valence-electron chi connectivity index (χ3n) is 2.76. The van der Waals surface area contributed by atoms with Gasteiger partial charge in [-0.3, -0.25) is 0 Å². The Morgan fingerprint density at radius 2 is 1.75 bits per heavy atom. The first-order valence-electron chi connectivity index (χ1n) is 5.61. The van der Waals surface area contributed by atoms with Gasteiger partial charge in [-0.05, 0) is 36.5 Å². The van der Waals surface area contributed by atoms with Gasteiger partial charge in [-0.2, -0.15) is 0 Å². The van der Waals surface area contributed by atoms with Crippen molar-refractivity contribution in [1.29, 1.82) is 0 Å². The molecule has 0 heterocycles. The van der Waals surface area contributed by atoms with Crippen molar-refractivity contribution in [3.63, 3.8) is 0 Å². The molecule has 0 radical (unpaired) electrons. The van der Waals surface area contributed by atoms with E-state index < -0.39 is 10.0 Å². The van der Waals surface area contributed by atoms with Gasteiger partial charge in [0.05, 0.1) is 4.90 Å². The minimum atomic E-state index is -3.29. The zero-order valence-electron chi connectivity index (χ0n) is 9.60. The Bertz CT molecular complexity index is 458. The van der Waals surface area contributed by atoms with E-state index in [1.807, 2.05) is 12.1 Å². The second-order valence-electron chi connectivity index (χ2n) is 4.62. The highest BCUT2D eigenvalue weighted by molar-refractivity contribution is 7.89. The lowest BCUT2D eigenvalue weighted by molar-refractivity contribution is 0.581. The van der Waals surface area contributed by atoms with Crippen molar-refractivity contribution < 1.29 is 8.42 Å². The predicted molar refractivity (Wildman–Crippen MR) is 63.9 cm³/mol. The summed E-state index contributed by atoms with van der Waals surface area (Å²) in [6.45, 7) is 4.18. The van der Waals surface area contributed by atoms with Crippen LogP contribution in [0.2, 0.25) is 0 Å². The van der Waals surface area contributed by atoms with Gasteiger partial charge in [-0.1, -0.05) is 26.0 Å². The largest absolute Gasteiger partial charge is 0.240 e. The number of sulfonamides is 1. The molecular weight excluding hydrogens is 222 g/mol. The van der Waals surface area contributed by atoms with Gasteiger partial charge in [0.1, 0.15) is 0 Å². The third kappa shape index (κ3) is 2.62. The standard InChI is InChI=1S/C12H17NO2S/c1-9(2)10-3-7-12(8-4-10)16(14,15)13-11-5-6-11/h3-4,7-9,11,13H,5-6H2,1-2H3. The fourth-order valence-electron chi connectivity index (χ4n) is 1.52. The highest BCUT2D eigenvalue weighted by Gasteiger charge is 2.27. The number of nitrogens with one attached hydrogen (secondary N) is 1. The summed E-state index contributed by atoms with van der Waals surface area (Å²) >= 11 is 0. The molecule has 88 valence electrons. The lowest BCUT2D eigenvalue weighted by Gasteiger charge is -2.08. The number of benzene rings is 1. The van der Waals surface area contributed by atoms with Gasteiger partial charge in [0.25, 0.3) is 0 Å². The van der Waals surface area contributed by atoms with Crippen LogP contribution in [0.5, 0.6) is 0 Å². The van der Waals surface area contributed by atoms with Gasteiger partial charge < -0.3 is 0 Å². The SMILES string of the molecule is CC(C)c1ccc(S(=O)(=O)NC2CC2)cc1. The molecule has 1 aromatic rings. The summed E-state index contributed by atoms with van der Waals surface area (Å²) in [5.41, 5.74) is 1.16. The molecule has 1 aliphatic carbocycles. The first-order chi connectivity index (χ1) is 7.49. The number of hydrogen-bond donors (Lipinski definition) is 1. The van der Waals surface area contributed by atoms with Crippen LogP contribution in [0.15, 0.2) is 29.2 Å². The Balaban J connectivity index is 2.19. The topological polar surface area (TPSA) is 46.2 Å². The highest BCUT2D eigenvalue weighted by Crippen LogP contribution is 2.23. The first kappa shape index (κ1) is 11.6. The Morgan fingerprint density at radius 3 is 2.19 bits per heavy atom. The minimum Gasteiger partial charge on any atom is -0.208 e. The van der Waals surface area contributed by atoms with Gasteiger partial charge in [-0.15, -0.1) is 0 Å². The summed E-state index contributed by atoms with van der Waals surface area (Å²) in [5, 5.41) is 0. The first-order valence-corrected chi connectivity index (χ1v) is 7.09. The third-order valence-corrected chi connectivity index (χ3v) is 4.29. The molecule has 0 spiro atoms. The Morgan fingerprint density at radius 1 is 1.19 bits per heavy atom. The van der Waals surface area contributed by atoms with Gasteiger partial charge in [0.2, 0.25) is 10.0 Å². The average Bonchev–Trinajstić information content (AvgIpc) is 3.01. The average molecular weight is 239 g/mol. The molecule has 1 saturated carbocycles. The van der Waals surface area contributed by atoms with Crippen LogP contribution < -0.4 is 4.72 Å². The van der Waals surface area contributed by atoms with Gasteiger partial charge in [-0.25, -0.2) is 13.1 Å². The smallest absolute Gasteiger partial charge is 0.208 e. The summed E-state index contributed by atoms with van der Waals surface area (Å²) in [5.74, 6) is 0.424. The van der Waals surface area contributed by atoms with E-state index in [0.29, 0.717) is 10.8 Å². The summed E-state index contributed by atoms with van der Waals surface area (Å²) < 4.78 is 26.4. The van der Waals surface area contributed by atoms with E-state index in [2.05, 4.69) is 18.6 Å². The predicted octanol–water partition coefficient (Wildman–Crippen LogP) is 2.25. The molecule has 3 nitrogen and oxygen atoms in total. The Labute approximate surface area is 96.9 Å². The fourth-order valence-corrected chi connectivity index (χ4v) is 2.83. The molecule has 1 fully saturated rings. The van der Waals surface area contributed by atoms with Gasteiger partial charge in [0, 0.05) is 6.04 Å². The molecule has 0 aliphatic heterocycles. The van der Waals surface area contributed by atoms with Crippen LogP contribution in [0.25, 0.3) is 0 Å². The van der Waals surface area contributed by atoms with Crippen molar-refractivity contribution >= 4 is 10.0 Å². The maximum atomic E-state index is 11.9. The van der Waals surface area contributed by atoms with Crippen LogP contribution in [0.4, 0.5) is 0 Å². The maximum absolute atomic E-state index is 11.9. The van der Waals surface area contributed by atoms with E-state index in [4.69, 9.17) is 0 Å². The highest BCUT2D eigenvalue weighted by atomic mass is 32.2. The van der Waals surface area contributed by atoms with E-state index in [1.54, 1.807) is 12.1 Å². The van der Waals surface area contributed by atoms with E-state index in [1.165, 1.54) is 0 Å². The minimum absolute atomic E-state index is 0.162. The maximum Gasteiger partial charge on any atom is 0.240 e. The molecule has 0 amide bonds. The van der Waals surface area contributed by atoms with Crippen LogP contribution in [0.3, 0.4) is 0 Å². The van der Waals surface area contributed by atoms with Crippen molar-refractivity contribution in [1.82, 2.24) is 4.72 Å². The van der Waals surface area contributed by atoms with Gasteiger partial charge >= 0.3 is 0 Å². The molecule has 1 aliphatic rings. The lowest BCUT2D eigenvalue weighted by Crippen LogP contribution is -2.25. The Kier molecular flexibility index (Phi) is 3.04. The van der Waals surface area contributed by atoms with E-state index in [0.717, 1.165) is 18.4 Å². The van der Waals surface area contributed by atoms with Crippen LogP contribution >= 0.6 is 0 Å². The van der Waals surface area contributed by atoms with Crippen molar-refractivity contribution in [2.24, 2.45) is 0 Å². The molecular formula is C12H17NO2S. The Hall–Kier alpha value is -0.870. The van der Waals surface area contributed by atoms with Crippen molar-refractivity contribution in [3.05, 3.63) is 29.8 Å². The van der Waals surface area contributed by atoms with Crippen molar-refractivity contribution in [3.8, 4) is 0 Å². The van der Waals surface area contributed by atoms with Crippen LogP contribution in [0.1, 0.15) is 38.2 Å². The van der Waals surface area contributed by atoms with Crippen LogP contribution in [-0.4, -0.2) is 14.5 Å². The summed E-state index contributed by atoms with van der Waals surface area (Å²) in [4.78, 5) is 0.365. The molecule has 0 unspecified atom stereocenters. The van der Waals surface area contributed by atoms with Gasteiger partial charge in [0.15, 0.2) is 0 Å². The summed E-state index contributed by atoms with van der Waals surface area (Å²) in [6, 6.07) is 7.29. The quantitative estimate of drug-likeness (QED) is 0.876. The summed E-state index contributed by atoms with van der Waals surface area (Å²) in [6.07, 6.45) is 1.92. The zero-order valence-corrected chi connectivity index (χ0v) is 10.4. The molecule has 1 N–H and O–H groups in total. The van der Waals surface area contributed by atoms with Crippen LogP contribution in [0, 0.1) is 0 Å². The molecule has 0 bridgehead atoms. The molecule has 0 atom stereocenters. The molecule has 1 aromatic carbocycles. The van der Waals surface area contributed by atoms with Crippen molar-refractivity contribution in [2.75, 3.05) is 0 Å². The lowest BCUT2D eigenvalue weighted by atomic mass is 10.0. The molecule has 0 saturated heterocycles. The molecule has 4 heteroatoms. The molecule has 0 aromatic heterocycles. The van der Waals surface area contributed by atoms with E-state index >= 15 is 0 Å². The van der Waals surface area contributed by atoms with E-state index in [-0.39, 0.29) is 6.04 Å². The zero-order chi connectivity index (χ0) is 11.8. The normalized spacial score (nSPS) is 16.7. The number of rotatable bonds is 4. The van der Waals surface area contributed by atoms with Crippen LogP contribution in [-0.2, 0) is 10.0 Å². The second-order valence-corrected chi connectivity index (χ2v) is 6.33. The van der Waals surface area contributed by atoms with E-state index in [9.17, 15) is 8.42 Å². The monoisotopic (exact) mass is 239 g/mol. The second kappa shape index (κ2) is 4.18. The molecule has 2 rings (SSSR count).